The fourth-order valence-electron chi connectivity index (χ4n) is 8.32. The van der Waals surface area contributed by atoms with E-state index in [1.165, 1.54) is 24.8 Å². The van der Waals surface area contributed by atoms with E-state index in [1.54, 1.807) is 0 Å². The summed E-state index contributed by atoms with van der Waals surface area (Å²) in [5.74, 6) is 0.506. The van der Waals surface area contributed by atoms with E-state index in [2.05, 4.69) is 30.4 Å². The molecular formula is C31H42N2O5. The molecule has 1 amide bonds. The zero-order chi connectivity index (χ0) is 26.9. The van der Waals surface area contributed by atoms with Crippen molar-refractivity contribution in [2.24, 2.45) is 33.7 Å². The Bertz CT molecular complexity index is 1100. The van der Waals surface area contributed by atoms with Crippen LogP contribution in [-0.2, 0) is 14.4 Å². The van der Waals surface area contributed by atoms with Gasteiger partial charge in [0.1, 0.15) is 0 Å². The summed E-state index contributed by atoms with van der Waals surface area (Å²) in [5, 5.41) is 27.0. The van der Waals surface area contributed by atoms with Gasteiger partial charge in [-0.3, -0.25) is 9.59 Å². The summed E-state index contributed by atoms with van der Waals surface area (Å²) in [7, 11) is 0. The summed E-state index contributed by atoms with van der Waals surface area (Å²) in [5.41, 5.74) is 3.54. The smallest absolute Gasteiger partial charge is 0.304 e. The first-order valence-electron chi connectivity index (χ1n) is 14.3. The molecule has 0 saturated heterocycles. The Morgan fingerprint density at radius 1 is 1.08 bits per heavy atom. The van der Waals surface area contributed by atoms with Crippen LogP contribution in [0.3, 0.4) is 0 Å². The summed E-state index contributed by atoms with van der Waals surface area (Å²) in [6.07, 6.45) is 10.6. The number of aliphatic hydroxyl groups excluding tert-OH is 1. The molecule has 3 fully saturated rings. The number of aliphatic hydroxyl groups is 1. The summed E-state index contributed by atoms with van der Waals surface area (Å²) >= 11 is 0. The minimum atomic E-state index is -0.898. The van der Waals surface area contributed by atoms with E-state index in [9.17, 15) is 19.8 Å². The molecule has 0 heterocycles. The highest BCUT2D eigenvalue weighted by atomic mass is 16.6. The van der Waals surface area contributed by atoms with Crippen molar-refractivity contribution in [3.8, 4) is 0 Å². The molecule has 38 heavy (non-hydrogen) atoms. The van der Waals surface area contributed by atoms with Crippen LogP contribution < -0.4 is 5.32 Å². The number of rotatable bonds is 8. The zero-order valence-electron chi connectivity index (χ0n) is 22.7. The Morgan fingerprint density at radius 3 is 2.63 bits per heavy atom. The van der Waals surface area contributed by atoms with Crippen molar-refractivity contribution in [1.82, 2.24) is 5.32 Å². The Kier molecular flexibility index (Phi) is 7.67. The zero-order valence-corrected chi connectivity index (χ0v) is 22.7. The van der Waals surface area contributed by atoms with Crippen molar-refractivity contribution in [3.05, 3.63) is 47.5 Å². The van der Waals surface area contributed by atoms with Gasteiger partial charge < -0.3 is 20.4 Å². The van der Waals surface area contributed by atoms with Crippen LogP contribution in [0.15, 0.2) is 47.1 Å². The van der Waals surface area contributed by atoms with Crippen LogP contribution in [0.25, 0.3) is 0 Å². The number of oxime groups is 1. The van der Waals surface area contributed by atoms with Crippen LogP contribution >= 0.6 is 0 Å². The van der Waals surface area contributed by atoms with Gasteiger partial charge >= 0.3 is 5.97 Å². The quantitative estimate of drug-likeness (QED) is 0.414. The van der Waals surface area contributed by atoms with Crippen LogP contribution in [0.2, 0.25) is 0 Å². The van der Waals surface area contributed by atoms with Gasteiger partial charge in [0.2, 0.25) is 0 Å². The number of nitrogens with zero attached hydrogens (tertiary/aromatic N) is 1. The normalized spacial score (nSPS) is 35.9. The fourth-order valence-corrected chi connectivity index (χ4v) is 8.32. The SMILES string of the molecule is C[C@]12CC[C@H]3[C@@H](CCC4=C/C(=N/OCC(=O)NC[C@H](CC(=O)O)c5ccccc5)CC[C@@]43C)[C@@H]1CC[C@H]2O. The fraction of sp³-hybridized carbons (Fsp3) is 0.645. The van der Waals surface area contributed by atoms with E-state index < -0.39 is 5.97 Å². The Morgan fingerprint density at radius 2 is 1.87 bits per heavy atom. The third-order valence-electron chi connectivity index (χ3n) is 10.5. The Labute approximate surface area is 225 Å². The van der Waals surface area contributed by atoms with Crippen LogP contribution in [0.5, 0.6) is 0 Å². The van der Waals surface area contributed by atoms with Crippen molar-refractivity contribution in [1.29, 1.82) is 0 Å². The van der Waals surface area contributed by atoms with Gasteiger partial charge in [0.05, 0.1) is 18.2 Å². The molecule has 0 bridgehead atoms. The molecule has 0 aromatic heterocycles. The second-order valence-corrected chi connectivity index (χ2v) is 12.5. The van der Waals surface area contributed by atoms with Crippen LogP contribution in [0, 0.1) is 28.6 Å². The predicted octanol–water partition coefficient (Wildman–Crippen LogP) is 5.06. The number of aliphatic carboxylic acids is 1. The highest BCUT2D eigenvalue weighted by Crippen LogP contribution is 2.65. The molecule has 4 aliphatic carbocycles. The number of hydrogen-bond donors (Lipinski definition) is 3. The topological polar surface area (TPSA) is 108 Å². The van der Waals surface area contributed by atoms with Gasteiger partial charge in [-0.15, -0.1) is 0 Å². The lowest BCUT2D eigenvalue weighted by molar-refractivity contribution is -0.137. The molecule has 1 aromatic carbocycles. The van der Waals surface area contributed by atoms with E-state index in [4.69, 9.17) is 4.84 Å². The van der Waals surface area contributed by atoms with E-state index in [0.717, 1.165) is 43.4 Å². The average Bonchev–Trinajstić information content (AvgIpc) is 3.21. The van der Waals surface area contributed by atoms with Gasteiger partial charge in [0.25, 0.3) is 5.91 Å². The molecule has 0 unspecified atom stereocenters. The minimum absolute atomic E-state index is 0.0534. The molecule has 0 spiro atoms. The Hall–Kier alpha value is -2.67. The number of carboxylic acid groups (broad SMARTS) is 1. The summed E-state index contributed by atoms with van der Waals surface area (Å²) in [4.78, 5) is 29.1. The van der Waals surface area contributed by atoms with E-state index in [0.29, 0.717) is 17.8 Å². The maximum Gasteiger partial charge on any atom is 0.304 e. The molecule has 7 heteroatoms. The van der Waals surface area contributed by atoms with Crippen molar-refractivity contribution in [3.63, 3.8) is 0 Å². The average molecular weight is 523 g/mol. The highest BCUT2D eigenvalue weighted by Gasteiger charge is 2.58. The van der Waals surface area contributed by atoms with Gasteiger partial charge in [-0.05, 0) is 91.6 Å². The van der Waals surface area contributed by atoms with E-state index >= 15 is 0 Å². The molecule has 7 nitrogen and oxygen atoms in total. The molecule has 206 valence electrons. The molecule has 1 aromatic rings. The van der Waals surface area contributed by atoms with Gasteiger partial charge in [-0.2, -0.15) is 0 Å². The van der Waals surface area contributed by atoms with Crippen molar-refractivity contribution in [2.45, 2.75) is 83.7 Å². The summed E-state index contributed by atoms with van der Waals surface area (Å²) < 4.78 is 0. The maximum absolute atomic E-state index is 12.4. The minimum Gasteiger partial charge on any atom is -0.481 e. The number of allylic oxidation sites excluding steroid dienone is 2. The molecular weight excluding hydrogens is 480 g/mol. The molecule has 3 N–H and O–H groups in total. The van der Waals surface area contributed by atoms with Crippen molar-refractivity contribution < 1.29 is 24.6 Å². The lowest BCUT2D eigenvalue weighted by Crippen LogP contribution is -2.51. The van der Waals surface area contributed by atoms with Gasteiger partial charge in [-0.1, -0.05) is 54.9 Å². The van der Waals surface area contributed by atoms with Gasteiger partial charge in [0, 0.05) is 12.5 Å². The first-order chi connectivity index (χ1) is 18.2. The lowest BCUT2D eigenvalue weighted by atomic mass is 9.47. The summed E-state index contributed by atoms with van der Waals surface area (Å²) in [6, 6.07) is 9.37. The van der Waals surface area contributed by atoms with E-state index in [-0.39, 0.29) is 48.3 Å². The number of fused-ring (bicyclic) bond motifs is 5. The maximum atomic E-state index is 12.4. The molecule has 7 atom stereocenters. The highest BCUT2D eigenvalue weighted by molar-refractivity contribution is 5.96. The number of amides is 1. The third kappa shape index (κ3) is 5.14. The largest absolute Gasteiger partial charge is 0.481 e. The van der Waals surface area contributed by atoms with E-state index in [1.807, 2.05) is 30.3 Å². The second-order valence-electron chi connectivity index (χ2n) is 12.5. The molecule has 3 saturated carbocycles. The number of hydrogen-bond acceptors (Lipinski definition) is 5. The standard InChI is InChI=1S/C31H42N2O5/c1-30-14-12-23(17-22(30)8-9-24-25-10-11-27(34)31(25,2)15-13-26(24)30)33-38-19-28(35)32-18-21(16-29(36)37)20-6-4-3-5-7-20/h3-7,17,21,24-27,34H,8-16,18-19H2,1-2H3,(H,32,35)(H,36,37)/b33-23+/t21-,24-,25-,26-,27+,30-,31-/m0/s1. The number of benzene rings is 1. The van der Waals surface area contributed by atoms with Crippen LogP contribution in [-0.4, -0.2) is 47.1 Å². The Balaban J connectivity index is 1.16. The van der Waals surface area contributed by atoms with Crippen molar-refractivity contribution >= 4 is 17.6 Å². The number of carbonyl (C=O) groups excluding carboxylic acids is 1. The predicted molar refractivity (Wildman–Crippen MR) is 146 cm³/mol. The molecule has 0 aliphatic heterocycles. The van der Waals surface area contributed by atoms with Crippen LogP contribution in [0.4, 0.5) is 0 Å². The number of carbonyl (C=O) groups is 2. The van der Waals surface area contributed by atoms with Gasteiger partial charge in [0.15, 0.2) is 6.61 Å². The van der Waals surface area contributed by atoms with Crippen molar-refractivity contribution in [2.75, 3.05) is 13.2 Å². The molecule has 5 rings (SSSR count). The van der Waals surface area contributed by atoms with Gasteiger partial charge in [-0.25, -0.2) is 0 Å². The monoisotopic (exact) mass is 522 g/mol. The summed E-state index contributed by atoms with van der Waals surface area (Å²) in [6.45, 7) is 4.81. The first-order valence-corrected chi connectivity index (χ1v) is 14.3. The third-order valence-corrected chi connectivity index (χ3v) is 10.5. The molecule has 4 aliphatic rings. The van der Waals surface area contributed by atoms with Crippen LogP contribution in [0.1, 0.15) is 83.1 Å². The number of carboxylic acids is 1. The molecule has 0 radical (unpaired) electrons. The second kappa shape index (κ2) is 10.8. The number of nitrogens with one attached hydrogen (secondary N) is 1. The lowest BCUT2D eigenvalue weighted by Gasteiger charge is -2.57. The first kappa shape index (κ1) is 26.9.